The second-order valence-electron chi connectivity index (χ2n) is 5.46. The fourth-order valence-electron chi connectivity index (χ4n) is 2.59. The summed E-state index contributed by atoms with van der Waals surface area (Å²) in [6.07, 6.45) is 1.62. The molecule has 0 radical (unpaired) electrons. The van der Waals surface area contributed by atoms with Crippen LogP contribution in [-0.2, 0) is 9.59 Å². The highest BCUT2D eigenvalue weighted by molar-refractivity contribution is 6.30. The van der Waals surface area contributed by atoms with Crippen LogP contribution in [0.25, 0.3) is 0 Å². The molecule has 0 bridgehead atoms. The third kappa shape index (κ3) is 3.49. The number of nitrogens with zero attached hydrogens (tertiary/aromatic N) is 2. The summed E-state index contributed by atoms with van der Waals surface area (Å²) in [6, 6.07) is 10.5. The molecule has 1 saturated heterocycles. The summed E-state index contributed by atoms with van der Waals surface area (Å²) in [5.74, 6) is 0.326. The van der Waals surface area contributed by atoms with Gasteiger partial charge in [0, 0.05) is 30.9 Å². The third-order valence-corrected chi connectivity index (χ3v) is 4.06. The van der Waals surface area contributed by atoms with Crippen molar-refractivity contribution in [2.45, 2.75) is 6.42 Å². The topological polar surface area (TPSA) is 71.5 Å². The molecule has 2 amide bonds. The number of halogens is 1. The van der Waals surface area contributed by atoms with Crippen LogP contribution < -0.4 is 15.0 Å². The number of aromatic nitrogens is 1. The zero-order chi connectivity index (χ0) is 17.1. The number of carbonyl (C=O) groups is 2. The summed E-state index contributed by atoms with van der Waals surface area (Å²) < 4.78 is 5.18. The lowest BCUT2D eigenvalue weighted by Crippen LogP contribution is -2.28. The van der Waals surface area contributed by atoms with Gasteiger partial charge in [0.1, 0.15) is 11.6 Å². The first-order valence-electron chi connectivity index (χ1n) is 7.43. The van der Waals surface area contributed by atoms with Gasteiger partial charge in [-0.1, -0.05) is 17.7 Å². The van der Waals surface area contributed by atoms with E-state index >= 15 is 0 Å². The van der Waals surface area contributed by atoms with Gasteiger partial charge in [0.05, 0.1) is 18.1 Å². The number of ether oxygens (including phenoxy) is 1. The Morgan fingerprint density at radius 2 is 2.21 bits per heavy atom. The molecule has 1 aromatic heterocycles. The van der Waals surface area contributed by atoms with Crippen LogP contribution in [0.15, 0.2) is 42.6 Å². The second-order valence-corrected chi connectivity index (χ2v) is 5.89. The molecule has 7 heteroatoms. The van der Waals surface area contributed by atoms with Gasteiger partial charge in [-0.25, -0.2) is 4.98 Å². The third-order valence-electron chi connectivity index (χ3n) is 3.84. The van der Waals surface area contributed by atoms with Gasteiger partial charge in [-0.05, 0) is 24.3 Å². The number of pyridine rings is 1. The summed E-state index contributed by atoms with van der Waals surface area (Å²) in [4.78, 5) is 30.2. The van der Waals surface area contributed by atoms with Crippen LogP contribution in [0.4, 0.5) is 11.5 Å². The van der Waals surface area contributed by atoms with Crippen molar-refractivity contribution in [1.82, 2.24) is 4.98 Å². The van der Waals surface area contributed by atoms with E-state index in [1.807, 2.05) is 12.1 Å². The van der Waals surface area contributed by atoms with Gasteiger partial charge in [-0.15, -0.1) is 0 Å². The molecule has 0 aliphatic carbocycles. The normalized spacial score (nSPS) is 17.0. The number of benzene rings is 1. The van der Waals surface area contributed by atoms with E-state index in [9.17, 15) is 9.59 Å². The van der Waals surface area contributed by atoms with Gasteiger partial charge in [0.2, 0.25) is 11.8 Å². The average Bonchev–Trinajstić information content (AvgIpc) is 2.99. The molecule has 1 unspecified atom stereocenters. The minimum atomic E-state index is -0.429. The van der Waals surface area contributed by atoms with Gasteiger partial charge >= 0.3 is 0 Å². The largest absolute Gasteiger partial charge is 0.497 e. The standard InChI is InChI=1S/C17H16ClN3O3/c1-24-14-4-2-3-13(8-14)21-10-11(7-16(21)22)17(23)20-15-6-5-12(18)9-19-15/h2-6,8-9,11H,7,10H2,1H3,(H,19,20,23). The van der Waals surface area contributed by atoms with Crippen molar-refractivity contribution in [2.24, 2.45) is 5.92 Å². The Morgan fingerprint density at radius 3 is 2.92 bits per heavy atom. The van der Waals surface area contributed by atoms with Crippen LogP contribution in [0.2, 0.25) is 5.02 Å². The molecule has 1 aliphatic rings. The minimum absolute atomic E-state index is 0.0903. The highest BCUT2D eigenvalue weighted by Gasteiger charge is 2.35. The van der Waals surface area contributed by atoms with Gasteiger partial charge in [-0.3, -0.25) is 9.59 Å². The molecule has 1 aliphatic heterocycles. The lowest BCUT2D eigenvalue weighted by atomic mass is 10.1. The fraction of sp³-hybridized carbons (Fsp3) is 0.235. The molecule has 0 spiro atoms. The number of carbonyl (C=O) groups excluding carboxylic acids is 2. The Balaban J connectivity index is 1.69. The Labute approximate surface area is 144 Å². The number of hydrogen-bond donors (Lipinski definition) is 1. The quantitative estimate of drug-likeness (QED) is 0.924. The maximum atomic E-state index is 12.4. The molecule has 124 valence electrons. The lowest BCUT2D eigenvalue weighted by molar-refractivity contribution is -0.122. The van der Waals surface area contributed by atoms with Crippen LogP contribution in [0.3, 0.4) is 0 Å². The van der Waals surface area contributed by atoms with Crippen molar-refractivity contribution in [2.75, 3.05) is 23.9 Å². The molecule has 1 atom stereocenters. The lowest BCUT2D eigenvalue weighted by Gasteiger charge is -2.17. The molecule has 24 heavy (non-hydrogen) atoms. The summed E-state index contributed by atoms with van der Waals surface area (Å²) >= 11 is 5.77. The Hall–Kier alpha value is -2.60. The molecule has 1 fully saturated rings. The van der Waals surface area contributed by atoms with Crippen molar-refractivity contribution in [1.29, 1.82) is 0 Å². The highest BCUT2D eigenvalue weighted by atomic mass is 35.5. The average molecular weight is 346 g/mol. The first kappa shape index (κ1) is 16.3. The molecule has 1 N–H and O–H groups in total. The van der Waals surface area contributed by atoms with Gasteiger partial charge < -0.3 is 15.0 Å². The van der Waals surface area contributed by atoms with E-state index in [1.54, 1.807) is 36.3 Å². The smallest absolute Gasteiger partial charge is 0.230 e. The van der Waals surface area contributed by atoms with E-state index in [2.05, 4.69) is 10.3 Å². The first-order chi connectivity index (χ1) is 11.6. The number of anilines is 2. The second kappa shape index (κ2) is 6.88. The molecule has 3 rings (SSSR count). The number of methoxy groups -OCH3 is 1. The van der Waals surface area contributed by atoms with Crippen LogP contribution in [0.1, 0.15) is 6.42 Å². The first-order valence-corrected chi connectivity index (χ1v) is 7.81. The monoisotopic (exact) mass is 345 g/mol. The van der Waals surface area contributed by atoms with Crippen LogP contribution in [0.5, 0.6) is 5.75 Å². The molecule has 0 saturated carbocycles. The predicted molar refractivity (Wildman–Crippen MR) is 91.3 cm³/mol. The van der Waals surface area contributed by atoms with Crippen molar-refractivity contribution in [3.63, 3.8) is 0 Å². The number of rotatable bonds is 4. The molecule has 2 heterocycles. The minimum Gasteiger partial charge on any atom is -0.497 e. The zero-order valence-corrected chi connectivity index (χ0v) is 13.8. The van der Waals surface area contributed by atoms with Crippen LogP contribution in [0, 0.1) is 5.92 Å². The van der Waals surface area contributed by atoms with Crippen molar-refractivity contribution >= 4 is 34.9 Å². The van der Waals surface area contributed by atoms with Crippen molar-refractivity contribution in [3.05, 3.63) is 47.6 Å². The van der Waals surface area contributed by atoms with Gasteiger partial charge in [0.25, 0.3) is 0 Å². The molecule has 2 aromatic rings. The number of nitrogens with one attached hydrogen (secondary N) is 1. The number of amides is 2. The zero-order valence-electron chi connectivity index (χ0n) is 13.0. The van der Waals surface area contributed by atoms with E-state index in [0.717, 1.165) is 5.69 Å². The van der Waals surface area contributed by atoms with E-state index in [4.69, 9.17) is 16.3 Å². The maximum Gasteiger partial charge on any atom is 0.230 e. The Morgan fingerprint density at radius 1 is 1.38 bits per heavy atom. The van der Waals surface area contributed by atoms with Crippen molar-refractivity contribution < 1.29 is 14.3 Å². The Bertz CT molecular complexity index is 764. The summed E-state index contributed by atoms with van der Waals surface area (Å²) in [5.41, 5.74) is 0.722. The number of hydrogen-bond acceptors (Lipinski definition) is 4. The molecular formula is C17H16ClN3O3. The fourth-order valence-corrected chi connectivity index (χ4v) is 2.70. The van der Waals surface area contributed by atoms with Crippen molar-refractivity contribution in [3.8, 4) is 5.75 Å². The summed E-state index contributed by atoms with van der Waals surface area (Å²) in [6.45, 7) is 0.325. The molecule has 1 aromatic carbocycles. The molecule has 6 nitrogen and oxygen atoms in total. The van der Waals surface area contributed by atoms with E-state index < -0.39 is 5.92 Å². The van der Waals surface area contributed by atoms with Crippen LogP contribution in [-0.4, -0.2) is 30.5 Å². The Kier molecular flexibility index (Phi) is 4.66. The summed E-state index contributed by atoms with van der Waals surface area (Å²) in [5, 5.41) is 3.21. The van der Waals surface area contributed by atoms with Gasteiger partial charge in [-0.2, -0.15) is 0 Å². The van der Waals surface area contributed by atoms with E-state index in [0.29, 0.717) is 23.1 Å². The molecular weight excluding hydrogens is 330 g/mol. The van der Waals surface area contributed by atoms with E-state index in [1.165, 1.54) is 6.20 Å². The highest BCUT2D eigenvalue weighted by Crippen LogP contribution is 2.28. The summed E-state index contributed by atoms with van der Waals surface area (Å²) in [7, 11) is 1.57. The van der Waals surface area contributed by atoms with E-state index in [-0.39, 0.29) is 18.2 Å². The van der Waals surface area contributed by atoms with Gasteiger partial charge in [0.15, 0.2) is 0 Å². The SMILES string of the molecule is COc1cccc(N2CC(C(=O)Nc3ccc(Cl)cn3)CC2=O)c1. The van der Waals surface area contributed by atoms with Crippen LogP contribution >= 0.6 is 11.6 Å². The predicted octanol–water partition coefficient (Wildman–Crippen LogP) is 2.74. The maximum absolute atomic E-state index is 12.4.